The van der Waals surface area contributed by atoms with Gasteiger partial charge in [-0.25, -0.2) is 13.2 Å². The lowest BCUT2D eigenvalue weighted by Crippen LogP contribution is -2.26. The quantitative estimate of drug-likeness (QED) is 0.544. The number of carbonyl (C=O) groups is 1. The van der Waals surface area contributed by atoms with Crippen LogP contribution in [0, 0.1) is 0 Å². The molecule has 14 heavy (non-hydrogen) atoms. The van der Waals surface area contributed by atoms with Crippen molar-refractivity contribution in [2.75, 3.05) is 6.61 Å². The zero-order valence-corrected chi connectivity index (χ0v) is 8.81. The van der Waals surface area contributed by atoms with Crippen molar-refractivity contribution >= 4 is 25.9 Å². The number of ether oxygens (including phenoxy) is 2. The number of hydrogen-bond acceptors (Lipinski definition) is 5. The van der Waals surface area contributed by atoms with Gasteiger partial charge in [-0.15, -0.1) is 0 Å². The molecule has 0 amide bonds. The summed E-state index contributed by atoms with van der Waals surface area (Å²) in [5.41, 5.74) is 0. The molecule has 1 heterocycles. The third kappa shape index (κ3) is 1.68. The van der Waals surface area contributed by atoms with Crippen LogP contribution >= 0.6 is 10.7 Å². The third-order valence-electron chi connectivity index (χ3n) is 2.57. The van der Waals surface area contributed by atoms with Crippen molar-refractivity contribution in [2.45, 2.75) is 30.1 Å². The molecule has 0 radical (unpaired) electrons. The summed E-state index contributed by atoms with van der Waals surface area (Å²) in [6.45, 7) is 0.118. The zero-order valence-electron chi connectivity index (χ0n) is 7.23. The summed E-state index contributed by atoms with van der Waals surface area (Å²) in [7, 11) is 1.72. The van der Waals surface area contributed by atoms with Gasteiger partial charge in [-0.3, -0.25) is 0 Å². The van der Waals surface area contributed by atoms with E-state index in [0.717, 1.165) is 0 Å². The molecule has 0 spiro atoms. The first kappa shape index (κ1) is 10.0. The summed E-state index contributed by atoms with van der Waals surface area (Å²) in [5, 5.41) is 0. The van der Waals surface area contributed by atoms with Crippen LogP contribution in [0.15, 0.2) is 0 Å². The van der Waals surface area contributed by atoms with Crippen LogP contribution in [0.5, 0.6) is 0 Å². The Hall–Kier alpha value is -0.490. The Kier molecular flexibility index (Phi) is 2.15. The Morgan fingerprint density at radius 2 is 2.14 bits per heavy atom. The lowest BCUT2D eigenvalue weighted by atomic mass is 10.2. The molecule has 2 aliphatic rings. The average molecular weight is 241 g/mol. The maximum Gasteiger partial charge on any atom is 0.508 e. The lowest BCUT2D eigenvalue weighted by Gasteiger charge is -2.13. The van der Waals surface area contributed by atoms with Gasteiger partial charge in [0.15, 0.2) is 0 Å². The van der Waals surface area contributed by atoms with Crippen LogP contribution in [0.1, 0.15) is 19.3 Å². The third-order valence-corrected chi connectivity index (χ3v) is 5.17. The van der Waals surface area contributed by atoms with Gasteiger partial charge in [0.1, 0.15) is 12.7 Å². The van der Waals surface area contributed by atoms with Gasteiger partial charge in [0.2, 0.25) is 9.05 Å². The summed E-state index contributed by atoms with van der Waals surface area (Å²) in [6.07, 6.45) is 0.0981. The molecule has 5 nitrogen and oxygen atoms in total. The standard InChI is InChI=1S/C7H9ClO5S/c8-14(10,11)7(1-2-7)3-5-4-12-6(9)13-5/h5H,1-4H2/t5-/m1/s1. The van der Waals surface area contributed by atoms with E-state index >= 15 is 0 Å². The molecule has 0 bridgehead atoms. The number of hydrogen-bond donors (Lipinski definition) is 0. The van der Waals surface area contributed by atoms with Crippen molar-refractivity contribution in [1.29, 1.82) is 0 Å². The number of cyclic esters (lactones) is 2. The normalized spacial score (nSPS) is 29.5. The van der Waals surface area contributed by atoms with Crippen LogP contribution in [0.3, 0.4) is 0 Å². The summed E-state index contributed by atoms with van der Waals surface area (Å²) in [4.78, 5) is 10.6. The van der Waals surface area contributed by atoms with E-state index in [1.54, 1.807) is 0 Å². The molecule has 80 valence electrons. The van der Waals surface area contributed by atoms with Crippen molar-refractivity contribution in [3.05, 3.63) is 0 Å². The van der Waals surface area contributed by atoms with Crippen LogP contribution in [-0.4, -0.2) is 32.0 Å². The lowest BCUT2D eigenvalue weighted by molar-refractivity contribution is 0.115. The first-order valence-electron chi connectivity index (χ1n) is 4.21. The molecule has 1 saturated heterocycles. The highest BCUT2D eigenvalue weighted by atomic mass is 35.7. The zero-order chi connectivity index (χ0) is 10.4. The topological polar surface area (TPSA) is 69.7 Å². The Morgan fingerprint density at radius 3 is 2.50 bits per heavy atom. The van der Waals surface area contributed by atoms with Crippen molar-refractivity contribution < 1.29 is 22.7 Å². The fourth-order valence-corrected chi connectivity index (χ4v) is 3.19. The molecule has 2 rings (SSSR count). The Labute approximate surface area is 85.7 Å². The highest BCUT2D eigenvalue weighted by Crippen LogP contribution is 2.49. The van der Waals surface area contributed by atoms with Gasteiger partial charge in [-0.05, 0) is 12.8 Å². The van der Waals surface area contributed by atoms with Crippen molar-refractivity contribution in [3.8, 4) is 0 Å². The highest BCUT2D eigenvalue weighted by Gasteiger charge is 2.56. The van der Waals surface area contributed by atoms with Gasteiger partial charge in [0.25, 0.3) is 0 Å². The molecule has 0 aromatic heterocycles. The van der Waals surface area contributed by atoms with Gasteiger partial charge in [0, 0.05) is 17.1 Å². The predicted molar refractivity (Wildman–Crippen MR) is 47.6 cm³/mol. The molecule has 0 aromatic rings. The van der Waals surface area contributed by atoms with Crippen LogP contribution in [0.4, 0.5) is 4.79 Å². The van der Waals surface area contributed by atoms with E-state index in [-0.39, 0.29) is 13.0 Å². The monoisotopic (exact) mass is 240 g/mol. The molecule has 1 aliphatic carbocycles. The molecule has 1 saturated carbocycles. The maximum atomic E-state index is 11.2. The van der Waals surface area contributed by atoms with Gasteiger partial charge in [-0.1, -0.05) is 0 Å². The highest BCUT2D eigenvalue weighted by molar-refractivity contribution is 8.15. The summed E-state index contributed by atoms with van der Waals surface area (Å²) in [5.74, 6) is 0. The average Bonchev–Trinajstić information content (AvgIpc) is 2.71. The van der Waals surface area contributed by atoms with Crippen molar-refractivity contribution in [1.82, 2.24) is 0 Å². The molecule has 0 aromatic carbocycles. The molecule has 0 N–H and O–H groups in total. The van der Waals surface area contributed by atoms with E-state index in [4.69, 9.17) is 15.4 Å². The molecule has 0 unspecified atom stereocenters. The fraction of sp³-hybridized carbons (Fsp3) is 0.857. The van der Waals surface area contributed by atoms with Gasteiger partial charge in [0.05, 0.1) is 4.75 Å². The Balaban J connectivity index is 2.02. The molecule has 7 heteroatoms. The second kappa shape index (κ2) is 3.00. The molecule has 1 aliphatic heterocycles. The Morgan fingerprint density at radius 1 is 1.50 bits per heavy atom. The number of carbonyl (C=O) groups excluding carboxylic acids is 1. The predicted octanol–water partition coefficient (Wildman–Crippen LogP) is 1.01. The van der Waals surface area contributed by atoms with Crippen LogP contribution in [-0.2, 0) is 18.5 Å². The van der Waals surface area contributed by atoms with E-state index < -0.39 is 26.1 Å². The first-order chi connectivity index (χ1) is 6.43. The maximum absolute atomic E-state index is 11.2. The van der Waals surface area contributed by atoms with Crippen LogP contribution < -0.4 is 0 Å². The van der Waals surface area contributed by atoms with Crippen LogP contribution in [0.25, 0.3) is 0 Å². The second-order valence-corrected chi connectivity index (χ2v) is 6.59. The first-order valence-corrected chi connectivity index (χ1v) is 6.52. The largest absolute Gasteiger partial charge is 0.508 e. The van der Waals surface area contributed by atoms with Gasteiger partial charge >= 0.3 is 6.16 Å². The number of rotatable bonds is 3. The minimum atomic E-state index is -3.57. The summed E-state index contributed by atoms with van der Waals surface area (Å²) < 4.78 is 30.8. The fourth-order valence-electron chi connectivity index (χ4n) is 1.57. The smallest absolute Gasteiger partial charge is 0.430 e. The van der Waals surface area contributed by atoms with E-state index in [2.05, 4.69) is 4.74 Å². The van der Waals surface area contributed by atoms with E-state index in [1.165, 1.54) is 0 Å². The van der Waals surface area contributed by atoms with Crippen molar-refractivity contribution in [3.63, 3.8) is 0 Å². The molecular weight excluding hydrogens is 232 g/mol. The molecule has 2 fully saturated rings. The van der Waals surface area contributed by atoms with E-state index in [0.29, 0.717) is 12.8 Å². The summed E-state index contributed by atoms with van der Waals surface area (Å²) >= 11 is 0. The van der Waals surface area contributed by atoms with Gasteiger partial charge < -0.3 is 9.47 Å². The minimum absolute atomic E-state index is 0.118. The summed E-state index contributed by atoms with van der Waals surface area (Å²) in [6, 6.07) is 0. The second-order valence-electron chi connectivity index (χ2n) is 3.63. The Bertz CT molecular complexity index is 358. The SMILES string of the molecule is O=C1OC[C@@H](CC2(S(=O)(=O)Cl)CC2)O1. The van der Waals surface area contributed by atoms with E-state index in [9.17, 15) is 13.2 Å². The van der Waals surface area contributed by atoms with Crippen LogP contribution in [0.2, 0.25) is 0 Å². The van der Waals surface area contributed by atoms with E-state index in [1.807, 2.05) is 0 Å². The molecular formula is C7H9ClO5S. The van der Waals surface area contributed by atoms with Crippen molar-refractivity contribution in [2.24, 2.45) is 0 Å². The minimum Gasteiger partial charge on any atom is -0.430 e. The van der Waals surface area contributed by atoms with Gasteiger partial charge in [-0.2, -0.15) is 0 Å². The molecule has 1 atom stereocenters. The number of halogens is 1.